The van der Waals surface area contributed by atoms with Gasteiger partial charge in [-0.15, -0.1) is 11.3 Å². The Labute approximate surface area is 94.8 Å². The van der Waals surface area contributed by atoms with Crippen LogP contribution in [-0.2, 0) is 0 Å². The van der Waals surface area contributed by atoms with E-state index < -0.39 is 0 Å². The van der Waals surface area contributed by atoms with Crippen LogP contribution in [0.1, 0.15) is 18.7 Å². The predicted octanol–water partition coefficient (Wildman–Crippen LogP) is 3.66. The lowest BCUT2D eigenvalue weighted by Gasteiger charge is -2.03. The predicted molar refractivity (Wildman–Crippen MR) is 66.1 cm³/mol. The highest BCUT2D eigenvalue weighted by molar-refractivity contribution is 7.11. The van der Waals surface area contributed by atoms with Gasteiger partial charge in [0, 0.05) is 16.8 Å². The summed E-state index contributed by atoms with van der Waals surface area (Å²) in [6.45, 7) is 6.40. The van der Waals surface area contributed by atoms with Crippen molar-refractivity contribution < 1.29 is 0 Å². The van der Waals surface area contributed by atoms with Gasteiger partial charge >= 0.3 is 0 Å². The third-order valence-corrected chi connectivity index (χ3v) is 2.93. The van der Waals surface area contributed by atoms with Crippen LogP contribution in [-0.4, -0.2) is 13.1 Å². The van der Waals surface area contributed by atoms with Crippen LogP contribution in [0.15, 0.2) is 17.5 Å². The molecular weight excluding hydrogens is 214 g/mol. The van der Waals surface area contributed by atoms with E-state index in [0.29, 0.717) is 5.92 Å². The number of thiophene rings is 1. The van der Waals surface area contributed by atoms with Gasteiger partial charge in [0.2, 0.25) is 0 Å². The van der Waals surface area contributed by atoms with Gasteiger partial charge < -0.3 is 5.32 Å². The molecule has 1 heterocycles. The minimum absolute atomic E-state index is 0.708. The first-order valence-corrected chi connectivity index (χ1v) is 6.05. The van der Waals surface area contributed by atoms with Crippen molar-refractivity contribution in [1.82, 2.24) is 5.32 Å². The van der Waals surface area contributed by atoms with Crippen LogP contribution in [0.2, 0.25) is 5.02 Å². The highest BCUT2D eigenvalue weighted by Gasteiger charge is 1.92. The quantitative estimate of drug-likeness (QED) is 0.760. The Kier molecular flexibility index (Phi) is 5.23. The molecule has 0 radical (unpaired) electrons. The highest BCUT2D eigenvalue weighted by atomic mass is 35.5. The average molecular weight is 230 g/mol. The zero-order chi connectivity index (χ0) is 10.4. The number of nitrogens with one attached hydrogen (secondary N) is 1. The second kappa shape index (κ2) is 6.23. The summed E-state index contributed by atoms with van der Waals surface area (Å²) in [6, 6.07) is 1.98. The monoisotopic (exact) mass is 229 g/mol. The summed E-state index contributed by atoms with van der Waals surface area (Å²) in [5.41, 5.74) is 0. The van der Waals surface area contributed by atoms with Gasteiger partial charge in [-0.1, -0.05) is 31.5 Å². The Morgan fingerprint density at radius 3 is 2.93 bits per heavy atom. The molecule has 78 valence electrons. The molecule has 0 saturated heterocycles. The Hall–Kier alpha value is -0.310. The van der Waals surface area contributed by atoms with E-state index in [2.05, 4.69) is 31.3 Å². The normalized spacial score (nSPS) is 11.7. The van der Waals surface area contributed by atoms with E-state index in [4.69, 9.17) is 11.6 Å². The van der Waals surface area contributed by atoms with Crippen LogP contribution >= 0.6 is 22.9 Å². The molecule has 0 spiro atoms. The van der Waals surface area contributed by atoms with Crippen molar-refractivity contribution in [1.29, 1.82) is 0 Å². The lowest BCUT2D eigenvalue weighted by Crippen LogP contribution is -2.19. The molecule has 0 atom stereocenters. The summed E-state index contributed by atoms with van der Waals surface area (Å²) in [6.07, 6.45) is 4.23. The van der Waals surface area contributed by atoms with Crippen LogP contribution in [0.25, 0.3) is 6.08 Å². The van der Waals surface area contributed by atoms with Crippen molar-refractivity contribution in [3.63, 3.8) is 0 Å². The Morgan fingerprint density at radius 2 is 2.36 bits per heavy atom. The molecule has 1 N–H and O–H groups in total. The van der Waals surface area contributed by atoms with Gasteiger partial charge in [-0.25, -0.2) is 0 Å². The molecule has 0 aliphatic rings. The van der Waals surface area contributed by atoms with Crippen molar-refractivity contribution in [2.75, 3.05) is 13.1 Å². The maximum Gasteiger partial charge on any atom is 0.0519 e. The first-order valence-electron chi connectivity index (χ1n) is 4.80. The summed E-state index contributed by atoms with van der Waals surface area (Å²) >= 11 is 7.47. The van der Waals surface area contributed by atoms with Crippen molar-refractivity contribution in [3.05, 3.63) is 27.4 Å². The fourth-order valence-electron chi connectivity index (χ4n) is 1.05. The van der Waals surface area contributed by atoms with E-state index in [-0.39, 0.29) is 0 Å². The number of hydrogen-bond donors (Lipinski definition) is 1. The lowest BCUT2D eigenvalue weighted by atomic mass is 10.2. The molecule has 1 nitrogen and oxygen atoms in total. The summed E-state index contributed by atoms with van der Waals surface area (Å²) in [5.74, 6) is 0.708. The van der Waals surface area contributed by atoms with E-state index in [1.165, 1.54) is 4.88 Å². The lowest BCUT2D eigenvalue weighted by molar-refractivity contribution is 0.577. The van der Waals surface area contributed by atoms with Crippen LogP contribution in [0.4, 0.5) is 0 Å². The fourth-order valence-corrected chi connectivity index (χ4v) is 2.05. The Bertz CT molecular complexity index is 291. The summed E-state index contributed by atoms with van der Waals surface area (Å²) in [7, 11) is 0. The van der Waals surface area contributed by atoms with E-state index in [0.717, 1.165) is 18.1 Å². The average Bonchev–Trinajstić information content (AvgIpc) is 2.50. The van der Waals surface area contributed by atoms with Gasteiger partial charge in [0.05, 0.1) is 5.02 Å². The summed E-state index contributed by atoms with van der Waals surface area (Å²) in [5, 5.41) is 6.12. The van der Waals surface area contributed by atoms with Crippen molar-refractivity contribution >= 4 is 29.0 Å². The van der Waals surface area contributed by atoms with Crippen molar-refractivity contribution in [2.45, 2.75) is 13.8 Å². The molecule has 1 aromatic heterocycles. The molecule has 0 amide bonds. The third kappa shape index (κ3) is 4.80. The molecule has 0 fully saturated rings. The van der Waals surface area contributed by atoms with Gasteiger partial charge in [-0.2, -0.15) is 0 Å². The van der Waals surface area contributed by atoms with Gasteiger partial charge in [-0.05, 0) is 24.6 Å². The summed E-state index contributed by atoms with van der Waals surface area (Å²) < 4.78 is 0. The van der Waals surface area contributed by atoms with Gasteiger partial charge in [-0.3, -0.25) is 0 Å². The van der Waals surface area contributed by atoms with Crippen LogP contribution in [0.3, 0.4) is 0 Å². The number of halogens is 1. The topological polar surface area (TPSA) is 12.0 Å². The molecule has 0 aromatic carbocycles. The molecule has 3 heteroatoms. The second-order valence-electron chi connectivity index (χ2n) is 3.62. The van der Waals surface area contributed by atoms with E-state index >= 15 is 0 Å². The molecule has 0 saturated carbocycles. The molecule has 0 aliphatic heterocycles. The zero-order valence-corrected chi connectivity index (χ0v) is 10.2. The zero-order valence-electron chi connectivity index (χ0n) is 8.59. The van der Waals surface area contributed by atoms with Crippen LogP contribution in [0, 0.1) is 5.92 Å². The van der Waals surface area contributed by atoms with Crippen LogP contribution < -0.4 is 5.32 Å². The number of rotatable bonds is 5. The highest BCUT2D eigenvalue weighted by Crippen LogP contribution is 2.19. The minimum Gasteiger partial charge on any atom is -0.313 e. The van der Waals surface area contributed by atoms with E-state index in [9.17, 15) is 0 Å². The van der Waals surface area contributed by atoms with Crippen molar-refractivity contribution in [3.8, 4) is 0 Å². The van der Waals surface area contributed by atoms with Gasteiger partial charge in [0.15, 0.2) is 0 Å². The second-order valence-corrected chi connectivity index (χ2v) is 5.00. The Morgan fingerprint density at radius 1 is 1.57 bits per heavy atom. The minimum atomic E-state index is 0.708. The van der Waals surface area contributed by atoms with Crippen LogP contribution in [0.5, 0.6) is 0 Å². The third-order valence-electron chi connectivity index (χ3n) is 1.68. The molecular formula is C11H16ClNS. The maximum atomic E-state index is 5.80. The molecule has 0 bridgehead atoms. The SMILES string of the molecule is CC(C)CNCC=Cc1cc(Cl)cs1. The first kappa shape index (κ1) is 11.8. The largest absolute Gasteiger partial charge is 0.313 e. The molecule has 14 heavy (non-hydrogen) atoms. The molecule has 0 aliphatic carbocycles. The summed E-state index contributed by atoms with van der Waals surface area (Å²) in [4.78, 5) is 1.21. The molecule has 0 unspecified atom stereocenters. The van der Waals surface area contributed by atoms with E-state index in [1.54, 1.807) is 11.3 Å². The maximum absolute atomic E-state index is 5.80. The van der Waals surface area contributed by atoms with Gasteiger partial charge in [0.25, 0.3) is 0 Å². The number of hydrogen-bond acceptors (Lipinski definition) is 2. The smallest absolute Gasteiger partial charge is 0.0519 e. The van der Waals surface area contributed by atoms with E-state index in [1.807, 2.05) is 11.4 Å². The van der Waals surface area contributed by atoms with Crippen molar-refractivity contribution in [2.24, 2.45) is 5.92 Å². The van der Waals surface area contributed by atoms with Gasteiger partial charge in [0.1, 0.15) is 0 Å². The first-order chi connectivity index (χ1) is 6.68. The Balaban J connectivity index is 2.21. The molecule has 1 rings (SSSR count). The fraction of sp³-hybridized carbons (Fsp3) is 0.455. The standard InChI is InChI=1S/C11H16ClNS/c1-9(2)7-13-5-3-4-11-6-10(12)8-14-11/h3-4,6,8-9,13H,5,7H2,1-2H3. The molecule has 1 aromatic rings.